The van der Waals surface area contributed by atoms with Crippen molar-refractivity contribution in [1.29, 1.82) is 0 Å². The highest BCUT2D eigenvalue weighted by atomic mass is 35.5. The second-order valence-electron chi connectivity index (χ2n) is 5.60. The molecule has 2 aromatic rings. The summed E-state index contributed by atoms with van der Waals surface area (Å²) in [4.78, 5) is 12.4. The van der Waals surface area contributed by atoms with Gasteiger partial charge in [0.15, 0.2) is 0 Å². The third kappa shape index (κ3) is 4.56. The van der Waals surface area contributed by atoms with Crippen LogP contribution in [0.25, 0.3) is 0 Å². The van der Waals surface area contributed by atoms with Crippen LogP contribution in [0.1, 0.15) is 18.1 Å². The van der Waals surface area contributed by atoms with E-state index in [0.29, 0.717) is 10.7 Å². The lowest BCUT2D eigenvalue weighted by atomic mass is 10.2. The molecule has 5 nitrogen and oxygen atoms in total. The highest BCUT2D eigenvalue weighted by Gasteiger charge is 2.22. The van der Waals surface area contributed by atoms with Crippen LogP contribution in [-0.4, -0.2) is 20.4 Å². The van der Waals surface area contributed by atoms with Crippen LogP contribution in [0.5, 0.6) is 0 Å². The molecule has 2 aromatic carbocycles. The molecule has 0 aliphatic rings. The predicted octanol–water partition coefficient (Wildman–Crippen LogP) is 3.26. The molecule has 128 valence electrons. The molecular formula is C17H19ClN2O3S. The molecule has 0 spiro atoms. The third-order valence-electron chi connectivity index (χ3n) is 3.51. The van der Waals surface area contributed by atoms with Crippen LogP contribution in [0.2, 0.25) is 5.02 Å². The van der Waals surface area contributed by atoms with Gasteiger partial charge in [-0.2, -0.15) is 4.72 Å². The van der Waals surface area contributed by atoms with Gasteiger partial charge in [0.2, 0.25) is 15.9 Å². The molecule has 0 saturated carbocycles. The minimum absolute atomic E-state index is 0.117. The maximum Gasteiger partial charge on any atom is 0.242 e. The Morgan fingerprint density at radius 3 is 2.33 bits per heavy atom. The molecule has 2 rings (SSSR count). The molecule has 0 aliphatic carbocycles. The molecule has 0 saturated heterocycles. The second-order valence-corrected chi connectivity index (χ2v) is 7.75. The van der Waals surface area contributed by atoms with E-state index in [1.807, 2.05) is 13.8 Å². The van der Waals surface area contributed by atoms with E-state index in [-0.39, 0.29) is 4.90 Å². The highest BCUT2D eigenvalue weighted by molar-refractivity contribution is 7.89. The molecular weight excluding hydrogens is 348 g/mol. The summed E-state index contributed by atoms with van der Waals surface area (Å²) in [6.07, 6.45) is 0. The molecule has 0 fully saturated rings. The van der Waals surface area contributed by atoms with Crippen molar-refractivity contribution in [2.45, 2.75) is 31.7 Å². The van der Waals surface area contributed by atoms with Gasteiger partial charge in [0.1, 0.15) is 0 Å². The molecule has 2 N–H and O–H groups in total. The smallest absolute Gasteiger partial charge is 0.242 e. The van der Waals surface area contributed by atoms with Gasteiger partial charge in [-0.05, 0) is 50.6 Å². The molecule has 0 bridgehead atoms. The van der Waals surface area contributed by atoms with E-state index in [1.165, 1.54) is 19.1 Å². The topological polar surface area (TPSA) is 75.3 Å². The molecule has 1 amide bonds. The van der Waals surface area contributed by atoms with Crippen molar-refractivity contribution in [2.75, 3.05) is 5.32 Å². The number of halogens is 1. The van der Waals surface area contributed by atoms with Crippen molar-refractivity contribution >= 4 is 33.2 Å². The maximum atomic E-state index is 12.3. The highest BCUT2D eigenvalue weighted by Crippen LogP contribution is 2.20. The Hall–Kier alpha value is -1.89. The summed E-state index contributed by atoms with van der Waals surface area (Å²) in [6, 6.07) is 10.6. The molecule has 0 aliphatic heterocycles. The van der Waals surface area contributed by atoms with Crippen LogP contribution >= 0.6 is 11.6 Å². The summed E-state index contributed by atoms with van der Waals surface area (Å²) in [5.74, 6) is -0.462. The minimum Gasteiger partial charge on any atom is -0.324 e. The number of hydrogen-bond acceptors (Lipinski definition) is 3. The lowest BCUT2D eigenvalue weighted by molar-refractivity contribution is -0.117. The van der Waals surface area contributed by atoms with E-state index in [0.717, 1.165) is 11.1 Å². The van der Waals surface area contributed by atoms with Crippen molar-refractivity contribution in [3.63, 3.8) is 0 Å². The number of nitrogens with one attached hydrogen (secondary N) is 2. The van der Waals surface area contributed by atoms with Crippen molar-refractivity contribution < 1.29 is 13.2 Å². The zero-order chi connectivity index (χ0) is 17.9. The Bertz CT molecular complexity index is 849. The van der Waals surface area contributed by atoms with Crippen LogP contribution in [-0.2, 0) is 14.8 Å². The SMILES string of the molecule is Cc1ccc(S(=O)(=O)N[C@H](C)C(=O)Nc2cc(Cl)ccc2C)cc1. The van der Waals surface area contributed by atoms with Gasteiger partial charge in [-0.3, -0.25) is 4.79 Å². The number of carbonyl (C=O) groups is 1. The van der Waals surface area contributed by atoms with Crippen LogP contribution in [0.3, 0.4) is 0 Å². The molecule has 0 aromatic heterocycles. The summed E-state index contributed by atoms with van der Waals surface area (Å²) in [5.41, 5.74) is 2.34. The third-order valence-corrected chi connectivity index (χ3v) is 5.31. The number of sulfonamides is 1. The molecule has 0 unspecified atom stereocenters. The van der Waals surface area contributed by atoms with Crippen molar-refractivity contribution in [1.82, 2.24) is 4.72 Å². The van der Waals surface area contributed by atoms with Crippen molar-refractivity contribution in [3.8, 4) is 0 Å². The first kappa shape index (κ1) is 18.4. The standard InChI is InChI=1S/C17H19ClN2O3S/c1-11-4-8-15(9-5-11)24(22,23)20-13(3)17(21)19-16-10-14(18)7-6-12(16)2/h4-10,13,20H,1-3H3,(H,19,21)/t13-/m1/s1. The molecule has 0 heterocycles. The fourth-order valence-electron chi connectivity index (χ4n) is 2.04. The Labute approximate surface area is 147 Å². The summed E-state index contributed by atoms with van der Waals surface area (Å²) in [7, 11) is -3.77. The lowest BCUT2D eigenvalue weighted by Crippen LogP contribution is -2.41. The number of aryl methyl sites for hydroxylation is 2. The van der Waals surface area contributed by atoms with Crippen LogP contribution in [0, 0.1) is 13.8 Å². The van der Waals surface area contributed by atoms with Gasteiger partial charge in [0.25, 0.3) is 0 Å². The quantitative estimate of drug-likeness (QED) is 0.852. The first-order valence-corrected chi connectivity index (χ1v) is 9.21. The monoisotopic (exact) mass is 366 g/mol. The van der Waals surface area contributed by atoms with E-state index in [9.17, 15) is 13.2 Å². The Morgan fingerprint density at radius 1 is 1.08 bits per heavy atom. The van der Waals surface area contributed by atoms with Gasteiger partial charge in [0.05, 0.1) is 10.9 Å². The lowest BCUT2D eigenvalue weighted by Gasteiger charge is -2.16. The van der Waals surface area contributed by atoms with Crippen molar-refractivity contribution in [3.05, 3.63) is 58.6 Å². The average molecular weight is 367 g/mol. The van der Waals surface area contributed by atoms with Crippen LogP contribution in [0.4, 0.5) is 5.69 Å². The fraction of sp³-hybridized carbons (Fsp3) is 0.235. The van der Waals surface area contributed by atoms with Gasteiger partial charge >= 0.3 is 0 Å². The van der Waals surface area contributed by atoms with Crippen molar-refractivity contribution in [2.24, 2.45) is 0 Å². The average Bonchev–Trinajstić information content (AvgIpc) is 2.51. The fourth-order valence-corrected chi connectivity index (χ4v) is 3.42. The Kier molecular flexibility index (Phi) is 5.64. The van der Waals surface area contributed by atoms with Gasteiger partial charge in [-0.15, -0.1) is 0 Å². The van der Waals surface area contributed by atoms with E-state index >= 15 is 0 Å². The number of anilines is 1. The van der Waals surface area contributed by atoms with Gasteiger partial charge in [-0.1, -0.05) is 35.4 Å². The normalized spacial score (nSPS) is 12.7. The number of hydrogen-bond donors (Lipinski definition) is 2. The van der Waals surface area contributed by atoms with E-state index in [2.05, 4.69) is 10.0 Å². The molecule has 7 heteroatoms. The molecule has 0 radical (unpaired) electrons. The summed E-state index contributed by atoms with van der Waals surface area (Å²) in [6.45, 7) is 5.18. The van der Waals surface area contributed by atoms with E-state index < -0.39 is 22.0 Å². The molecule has 1 atom stereocenters. The Morgan fingerprint density at radius 2 is 1.71 bits per heavy atom. The van der Waals surface area contributed by atoms with Crippen LogP contribution in [0.15, 0.2) is 47.4 Å². The van der Waals surface area contributed by atoms with Crippen LogP contribution < -0.4 is 10.0 Å². The first-order chi connectivity index (χ1) is 11.2. The first-order valence-electron chi connectivity index (χ1n) is 7.35. The zero-order valence-corrected chi connectivity index (χ0v) is 15.2. The van der Waals surface area contributed by atoms with E-state index in [4.69, 9.17) is 11.6 Å². The summed E-state index contributed by atoms with van der Waals surface area (Å²) in [5, 5.41) is 3.17. The Balaban J connectivity index is 2.10. The zero-order valence-electron chi connectivity index (χ0n) is 13.6. The van der Waals surface area contributed by atoms with Gasteiger partial charge in [-0.25, -0.2) is 8.42 Å². The predicted molar refractivity (Wildman–Crippen MR) is 95.8 cm³/mol. The number of benzene rings is 2. The number of carbonyl (C=O) groups excluding carboxylic acids is 1. The molecule has 24 heavy (non-hydrogen) atoms. The van der Waals surface area contributed by atoms with Gasteiger partial charge < -0.3 is 5.32 Å². The number of rotatable bonds is 5. The van der Waals surface area contributed by atoms with Gasteiger partial charge in [0, 0.05) is 10.7 Å². The maximum absolute atomic E-state index is 12.3. The second kappa shape index (κ2) is 7.34. The van der Waals surface area contributed by atoms with E-state index in [1.54, 1.807) is 30.3 Å². The largest absolute Gasteiger partial charge is 0.324 e. The summed E-state index contributed by atoms with van der Waals surface area (Å²) >= 11 is 5.92. The summed E-state index contributed by atoms with van der Waals surface area (Å²) < 4.78 is 27.0. The number of amides is 1. The minimum atomic E-state index is -3.77.